The molecule has 0 saturated carbocycles. The summed E-state index contributed by atoms with van der Waals surface area (Å²) in [6, 6.07) is 5.44. The highest BCUT2D eigenvalue weighted by molar-refractivity contribution is 6.31. The number of nitrogens with one attached hydrogen (secondary N) is 2. The number of carbonyl (C=O) groups excluding carboxylic acids is 1. The molecule has 0 saturated heterocycles. The number of aromatic nitrogens is 2. The van der Waals surface area contributed by atoms with E-state index in [0.29, 0.717) is 17.3 Å². The van der Waals surface area contributed by atoms with E-state index in [1.165, 1.54) is 0 Å². The van der Waals surface area contributed by atoms with Crippen LogP contribution in [0.15, 0.2) is 18.2 Å². The Labute approximate surface area is 128 Å². The number of halogens is 1. The average Bonchev–Trinajstić information content (AvgIpc) is 2.81. The number of fused-ring (bicyclic) bond motifs is 1. The van der Waals surface area contributed by atoms with Crippen molar-refractivity contribution >= 4 is 23.2 Å². The summed E-state index contributed by atoms with van der Waals surface area (Å²) in [5.74, 6) is -0.194. The molecular formula is C15H17ClN4O. The fraction of sp³-hybridized carbons (Fsp3) is 0.333. The van der Waals surface area contributed by atoms with Crippen molar-refractivity contribution in [2.24, 2.45) is 7.05 Å². The first kappa shape index (κ1) is 14.1. The zero-order chi connectivity index (χ0) is 15.0. The van der Waals surface area contributed by atoms with Crippen molar-refractivity contribution in [3.63, 3.8) is 0 Å². The van der Waals surface area contributed by atoms with Crippen LogP contribution in [0, 0.1) is 6.92 Å². The maximum absolute atomic E-state index is 12.5. The number of anilines is 1. The number of rotatable bonds is 2. The average molecular weight is 305 g/mol. The molecule has 3 rings (SSSR count). The highest BCUT2D eigenvalue weighted by atomic mass is 35.5. The molecule has 110 valence electrons. The highest BCUT2D eigenvalue weighted by Crippen LogP contribution is 2.23. The van der Waals surface area contributed by atoms with Gasteiger partial charge in [0.2, 0.25) is 0 Å². The molecule has 1 aromatic heterocycles. The fourth-order valence-electron chi connectivity index (χ4n) is 2.61. The van der Waals surface area contributed by atoms with E-state index in [0.717, 1.165) is 35.5 Å². The third kappa shape index (κ3) is 2.66. The van der Waals surface area contributed by atoms with Crippen molar-refractivity contribution in [1.29, 1.82) is 0 Å². The van der Waals surface area contributed by atoms with E-state index in [-0.39, 0.29) is 5.91 Å². The predicted octanol–water partition coefficient (Wildman–Crippen LogP) is 2.28. The van der Waals surface area contributed by atoms with Crippen LogP contribution in [-0.4, -0.2) is 22.2 Å². The Morgan fingerprint density at radius 3 is 3.10 bits per heavy atom. The van der Waals surface area contributed by atoms with Crippen LogP contribution in [-0.2, 0) is 20.0 Å². The Kier molecular flexibility index (Phi) is 3.69. The Balaban J connectivity index is 1.91. The van der Waals surface area contributed by atoms with Gasteiger partial charge in [-0.25, -0.2) is 0 Å². The predicted molar refractivity (Wildman–Crippen MR) is 82.8 cm³/mol. The van der Waals surface area contributed by atoms with Crippen LogP contribution >= 0.6 is 11.6 Å². The second-order valence-corrected chi connectivity index (χ2v) is 5.67. The molecule has 0 unspecified atom stereocenters. The number of amides is 1. The summed E-state index contributed by atoms with van der Waals surface area (Å²) in [4.78, 5) is 12.5. The van der Waals surface area contributed by atoms with Gasteiger partial charge in [0, 0.05) is 48.5 Å². The van der Waals surface area contributed by atoms with E-state index in [4.69, 9.17) is 11.6 Å². The van der Waals surface area contributed by atoms with E-state index in [2.05, 4.69) is 15.7 Å². The van der Waals surface area contributed by atoms with E-state index >= 15 is 0 Å². The monoisotopic (exact) mass is 304 g/mol. The van der Waals surface area contributed by atoms with Gasteiger partial charge in [0.25, 0.3) is 5.91 Å². The molecule has 0 atom stereocenters. The molecule has 2 N–H and O–H groups in total. The van der Waals surface area contributed by atoms with Gasteiger partial charge in [0.1, 0.15) is 0 Å². The van der Waals surface area contributed by atoms with Crippen LogP contribution < -0.4 is 10.6 Å². The summed E-state index contributed by atoms with van der Waals surface area (Å²) < 4.78 is 1.80. The molecule has 0 fully saturated rings. The van der Waals surface area contributed by atoms with E-state index in [1.807, 2.05) is 20.0 Å². The van der Waals surface area contributed by atoms with Crippen LogP contribution in [0.3, 0.4) is 0 Å². The SMILES string of the molecule is Cc1ccc(Cl)cc1NC(=O)c1nn(C)c2c1CNCC2. The Morgan fingerprint density at radius 1 is 1.48 bits per heavy atom. The molecule has 2 heterocycles. The van der Waals surface area contributed by atoms with Crippen LogP contribution in [0.1, 0.15) is 27.3 Å². The molecule has 0 radical (unpaired) electrons. The third-order valence-corrected chi connectivity index (χ3v) is 4.01. The largest absolute Gasteiger partial charge is 0.320 e. The summed E-state index contributed by atoms with van der Waals surface area (Å²) in [5, 5.41) is 11.2. The molecule has 1 aliphatic rings. The van der Waals surface area contributed by atoms with Crippen molar-refractivity contribution in [2.75, 3.05) is 11.9 Å². The molecular weight excluding hydrogens is 288 g/mol. The van der Waals surface area contributed by atoms with Gasteiger partial charge in [-0.2, -0.15) is 5.10 Å². The smallest absolute Gasteiger partial charge is 0.276 e. The molecule has 1 aliphatic heterocycles. The minimum absolute atomic E-state index is 0.194. The first-order valence-corrected chi connectivity index (χ1v) is 7.27. The summed E-state index contributed by atoms with van der Waals surface area (Å²) in [6.45, 7) is 3.53. The highest BCUT2D eigenvalue weighted by Gasteiger charge is 2.23. The Morgan fingerprint density at radius 2 is 2.29 bits per heavy atom. The van der Waals surface area contributed by atoms with E-state index in [9.17, 15) is 4.79 Å². The van der Waals surface area contributed by atoms with Gasteiger partial charge in [0.05, 0.1) is 0 Å². The molecule has 0 bridgehead atoms. The lowest BCUT2D eigenvalue weighted by Gasteiger charge is -2.14. The maximum Gasteiger partial charge on any atom is 0.276 e. The Hall–Kier alpha value is -1.85. The van der Waals surface area contributed by atoms with Gasteiger partial charge >= 0.3 is 0 Å². The van der Waals surface area contributed by atoms with Crippen LogP contribution in [0.4, 0.5) is 5.69 Å². The molecule has 21 heavy (non-hydrogen) atoms. The van der Waals surface area contributed by atoms with Gasteiger partial charge in [-0.3, -0.25) is 9.48 Å². The minimum Gasteiger partial charge on any atom is -0.320 e. The maximum atomic E-state index is 12.5. The number of hydrogen-bond acceptors (Lipinski definition) is 3. The van der Waals surface area contributed by atoms with Gasteiger partial charge in [-0.15, -0.1) is 0 Å². The van der Waals surface area contributed by atoms with Gasteiger partial charge in [0.15, 0.2) is 5.69 Å². The quantitative estimate of drug-likeness (QED) is 0.895. The normalized spacial score (nSPS) is 13.9. The lowest BCUT2D eigenvalue weighted by molar-refractivity contribution is 0.102. The second kappa shape index (κ2) is 5.50. The van der Waals surface area contributed by atoms with Crippen molar-refractivity contribution in [3.8, 4) is 0 Å². The van der Waals surface area contributed by atoms with Gasteiger partial charge < -0.3 is 10.6 Å². The van der Waals surface area contributed by atoms with Gasteiger partial charge in [-0.05, 0) is 24.6 Å². The topological polar surface area (TPSA) is 59.0 Å². The van der Waals surface area contributed by atoms with Crippen LogP contribution in [0.2, 0.25) is 5.02 Å². The minimum atomic E-state index is -0.194. The molecule has 0 aliphatic carbocycles. The molecule has 0 spiro atoms. The first-order valence-electron chi connectivity index (χ1n) is 6.89. The summed E-state index contributed by atoms with van der Waals surface area (Å²) in [6.07, 6.45) is 0.891. The first-order chi connectivity index (χ1) is 10.1. The van der Waals surface area contributed by atoms with E-state index in [1.54, 1.807) is 16.8 Å². The number of hydrogen-bond donors (Lipinski definition) is 2. The fourth-order valence-corrected chi connectivity index (χ4v) is 2.79. The van der Waals surface area contributed by atoms with Crippen molar-refractivity contribution < 1.29 is 4.79 Å². The summed E-state index contributed by atoms with van der Waals surface area (Å²) >= 11 is 5.98. The molecule has 1 amide bonds. The second-order valence-electron chi connectivity index (χ2n) is 5.24. The lowest BCUT2D eigenvalue weighted by Crippen LogP contribution is -2.26. The number of benzene rings is 1. The van der Waals surface area contributed by atoms with Crippen molar-refractivity contribution in [1.82, 2.24) is 15.1 Å². The summed E-state index contributed by atoms with van der Waals surface area (Å²) in [5.41, 5.74) is 4.29. The third-order valence-electron chi connectivity index (χ3n) is 3.78. The molecule has 5 nitrogen and oxygen atoms in total. The standard InChI is InChI=1S/C15H17ClN4O/c1-9-3-4-10(16)7-12(9)18-15(21)14-11-8-17-6-5-13(11)20(2)19-14/h3-4,7,17H,5-6,8H2,1-2H3,(H,18,21). The number of nitrogens with zero attached hydrogens (tertiary/aromatic N) is 2. The van der Waals surface area contributed by atoms with Crippen LogP contribution in [0.25, 0.3) is 0 Å². The van der Waals surface area contributed by atoms with Gasteiger partial charge in [-0.1, -0.05) is 17.7 Å². The van der Waals surface area contributed by atoms with E-state index < -0.39 is 0 Å². The molecule has 2 aromatic rings. The zero-order valence-electron chi connectivity index (χ0n) is 12.0. The van der Waals surface area contributed by atoms with Crippen molar-refractivity contribution in [3.05, 3.63) is 45.7 Å². The zero-order valence-corrected chi connectivity index (χ0v) is 12.8. The van der Waals surface area contributed by atoms with Crippen molar-refractivity contribution in [2.45, 2.75) is 19.9 Å². The molecule has 1 aromatic carbocycles. The van der Waals surface area contributed by atoms with Crippen LogP contribution in [0.5, 0.6) is 0 Å². The molecule has 6 heteroatoms. The summed E-state index contributed by atoms with van der Waals surface area (Å²) in [7, 11) is 1.88. The number of aryl methyl sites for hydroxylation is 2. The lowest BCUT2D eigenvalue weighted by atomic mass is 10.1. The number of carbonyl (C=O) groups is 1. The Bertz CT molecular complexity index is 708.